The Morgan fingerprint density at radius 1 is 1.15 bits per heavy atom. The minimum atomic E-state index is -0.300. The van der Waals surface area contributed by atoms with E-state index in [-0.39, 0.29) is 24.0 Å². The zero-order valence-electron chi connectivity index (χ0n) is 14.7. The van der Waals surface area contributed by atoms with Gasteiger partial charge in [0.2, 0.25) is 11.8 Å². The summed E-state index contributed by atoms with van der Waals surface area (Å²) in [5.74, 6) is 0.0316. The normalized spacial score (nSPS) is 13.3. The average Bonchev–Trinajstić information content (AvgIpc) is 2.92. The highest BCUT2D eigenvalue weighted by molar-refractivity contribution is 8.00. The molecule has 7 nitrogen and oxygen atoms in total. The maximum Gasteiger partial charge on any atom is 0.329 e. The molecule has 0 bridgehead atoms. The van der Waals surface area contributed by atoms with E-state index in [4.69, 9.17) is 0 Å². The van der Waals surface area contributed by atoms with Gasteiger partial charge in [-0.1, -0.05) is 12.1 Å². The largest absolute Gasteiger partial charge is 0.329 e. The van der Waals surface area contributed by atoms with Crippen LogP contribution in [0.5, 0.6) is 0 Å². The van der Waals surface area contributed by atoms with E-state index in [1.54, 1.807) is 16.7 Å². The molecule has 1 aromatic heterocycles. The highest BCUT2D eigenvalue weighted by atomic mass is 32.2. The number of aromatic nitrogens is 2. The third-order valence-corrected chi connectivity index (χ3v) is 5.51. The number of para-hydroxylation sites is 2. The highest BCUT2D eigenvalue weighted by Gasteiger charge is 2.17. The highest BCUT2D eigenvalue weighted by Crippen LogP contribution is 2.33. The van der Waals surface area contributed by atoms with Crippen molar-refractivity contribution in [1.82, 2.24) is 9.13 Å². The molecule has 3 aromatic rings. The molecule has 138 valence electrons. The number of carbonyl (C=O) groups excluding carboxylic acids is 2. The number of nitrogens with one attached hydrogen (secondary N) is 2. The lowest BCUT2D eigenvalue weighted by molar-refractivity contribution is -0.116. The van der Waals surface area contributed by atoms with Gasteiger partial charge in [-0.05, 0) is 37.3 Å². The summed E-state index contributed by atoms with van der Waals surface area (Å²) in [5.41, 5.74) is 2.60. The van der Waals surface area contributed by atoms with Crippen LogP contribution < -0.4 is 16.3 Å². The summed E-state index contributed by atoms with van der Waals surface area (Å²) in [5, 5.41) is 5.60. The van der Waals surface area contributed by atoms with Crippen molar-refractivity contribution in [2.45, 2.75) is 24.9 Å². The van der Waals surface area contributed by atoms with Crippen molar-refractivity contribution < 1.29 is 9.59 Å². The summed E-state index contributed by atoms with van der Waals surface area (Å²) in [6.45, 7) is 2.36. The van der Waals surface area contributed by atoms with E-state index in [0.29, 0.717) is 23.7 Å². The lowest BCUT2D eigenvalue weighted by atomic mass is 10.2. The smallest absolute Gasteiger partial charge is 0.324 e. The Balaban J connectivity index is 1.58. The van der Waals surface area contributed by atoms with Gasteiger partial charge in [-0.25, -0.2) is 4.79 Å². The number of hydrogen-bond donors (Lipinski definition) is 2. The molecule has 0 fully saturated rings. The molecule has 2 N–H and O–H groups in total. The monoisotopic (exact) mass is 382 g/mol. The second-order valence-corrected chi connectivity index (χ2v) is 7.21. The first kappa shape index (κ1) is 17.4. The van der Waals surface area contributed by atoms with Crippen LogP contribution in [0.1, 0.15) is 6.92 Å². The first-order valence-corrected chi connectivity index (χ1v) is 9.60. The minimum absolute atomic E-state index is 0.0603. The second-order valence-electron chi connectivity index (χ2n) is 6.20. The molecule has 0 spiro atoms. The van der Waals surface area contributed by atoms with Gasteiger partial charge < -0.3 is 10.6 Å². The quantitative estimate of drug-likeness (QED) is 0.726. The van der Waals surface area contributed by atoms with Crippen LogP contribution in [0.15, 0.2) is 52.2 Å². The number of aryl methyl sites for hydroxylation is 1. The van der Waals surface area contributed by atoms with Crippen molar-refractivity contribution in [3.8, 4) is 0 Å². The van der Waals surface area contributed by atoms with Gasteiger partial charge in [0.15, 0.2) is 0 Å². The molecule has 0 aliphatic carbocycles. The molecular weight excluding hydrogens is 364 g/mol. The van der Waals surface area contributed by atoms with E-state index in [9.17, 15) is 14.4 Å². The predicted octanol–water partition coefficient (Wildman–Crippen LogP) is 2.51. The molecule has 8 heteroatoms. The summed E-state index contributed by atoms with van der Waals surface area (Å²) >= 11 is 1.46. The van der Waals surface area contributed by atoms with Crippen molar-refractivity contribution in [2.75, 3.05) is 16.4 Å². The molecule has 1 aliphatic heterocycles. The molecule has 0 radical (unpaired) electrons. The standard InChI is InChI=1S/C19H18N4O3S/c1-2-22-14-5-3-4-6-15(14)23(19(22)26)10-17(24)20-12-7-8-16-13(9-12)21-18(25)11-27-16/h3-9H,2,10-11H2,1H3,(H,20,24)(H,21,25). The van der Waals surface area contributed by atoms with Gasteiger partial charge in [0.1, 0.15) is 6.54 Å². The first-order valence-electron chi connectivity index (χ1n) is 8.61. The molecule has 2 heterocycles. The number of rotatable bonds is 4. The molecule has 2 aromatic carbocycles. The summed E-state index contributed by atoms with van der Waals surface area (Å²) in [6.07, 6.45) is 0. The zero-order valence-corrected chi connectivity index (χ0v) is 15.5. The van der Waals surface area contributed by atoms with Crippen molar-refractivity contribution in [3.05, 3.63) is 52.9 Å². The Bertz CT molecular complexity index is 1120. The van der Waals surface area contributed by atoms with Crippen LogP contribution in [0.4, 0.5) is 11.4 Å². The predicted molar refractivity (Wildman–Crippen MR) is 106 cm³/mol. The third kappa shape index (κ3) is 3.23. The number of fused-ring (bicyclic) bond motifs is 2. The van der Waals surface area contributed by atoms with Crippen molar-refractivity contribution >= 4 is 46.0 Å². The topological polar surface area (TPSA) is 85.1 Å². The van der Waals surface area contributed by atoms with E-state index in [1.165, 1.54) is 16.3 Å². The fourth-order valence-electron chi connectivity index (χ4n) is 3.24. The number of carbonyl (C=O) groups is 2. The number of hydrogen-bond acceptors (Lipinski definition) is 4. The van der Waals surface area contributed by atoms with Crippen LogP contribution in [0.3, 0.4) is 0 Å². The summed E-state index contributed by atoms with van der Waals surface area (Å²) in [7, 11) is 0. The molecule has 0 saturated carbocycles. The van der Waals surface area contributed by atoms with Crippen LogP contribution in [0, 0.1) is 0 Å². The van der Waals surface area contributed by atoms with Crippen LogP contribution >= 0.6 is 11.8 Å². The Hall–Kier alpha value is -3.00. The molecule has 2 amide bonds. The average molecular weight is 382 g/mol. The van der Waals surface area contributed by atoms with E-state index in [2.05, 4.69) is 10.6 Å². The van der Waals surface area contributed by atoms with Crippen LogP contribution in [0.25, 0.3) is 11.0 Å². The van der Waals surface area contributed by atoms with Gasteiger partial charge >= 0.3 is 5.69 Å². The van der Waals surface area contributed by atoms with Gasteiger partial charge in [-0.15, -0.1) is 11.8 Å². The van der Waals surface area contributed by atoms with Crippen molar-refractivity contribution in [1.29, 1.82) is 0 Å². The zero-order chi connectivity index (χ0) is 19.0. The number of imidazole rings is 1. The number of amides is 2. The molecule has 4 rings (SSSR count). The fraction of sp³-hybridized carbons (Fsp3) is 0.211. The Morgan fingerprint density at radius 3 is 2.63 bits per heavy atom. The third-order valence-electron chi connectivity index (χ3n) is 4.44. The number of anilines is 2. The first-order chi connectivity index (χ1) is 13.1. The van der Waals surface area contributed by atoms with E-state index < -0.39 is 0 Å². The minimum Gasteiger partial charge on any atom is -0.324 e. The summed E-state index contributed by atoms with van der Waals surface area (Å²) in [4.78, 5) is 37.7. The van der Waals surface area contributed by atoms with Gasteiger partial charge in [0.05, 0.1) is 22.5 Å². The fourth-order valence-corrected chi connectivity index (χ4v) is 4.02. The van der Waals surface area contributed by atoms with Crippen molar-refractivity contribution in [2.24, 2.45) is 0 Å². The molecule has 27 heavy (non-hydrogen) atoms. The molecular formula is C19H18N4O3S. The SMILES string of the molecule is CCn1c(=O)n(CC(=O)Nc2ccc3c(c2)NC(=O)CS3)c2ccccc21. The second kappa shape index (κ2) is 6.96. The number of thioether (sulfide) groups is 1. The Labute approximate surface area is 159 Å². The molecule has 0 unspecified atom stereocenters. The Morgan fingerprint density at radius 2 is 1.89 bits per heavy atom. The van der Waals surface area contributed by atoms with Crippen LogP contribution in [0.2, 0.25) is 0 Å². The number of benzene rings is 2. The Kier molecular flexibility index (Phi) is 4.49. The van der Waals surface area contributed by atoms with E-state index in [1.807, 2.05) is 37.3 Å². The molecule has 0 saturated heterocycles. The lowest BCUT2D eigenvalue weighted by Crippen LogP contribution is -2.29. The maximum absolute atomic E-state index is 12.6. The van der Waals surface area contributed by atoms with Gasteiger partial charge in [-0.2, -0.15) is 0 Å². The van der Waals surface area contributed by atoms with Crippen LogP contribution in [-0.4, -0.2) is 26.7 Å². The van der Waals surface area contributed by atoms with Gasteiger partial charge in [-0.3, -0.25) is 18.7 Å². The molecule has 1 aliphatic rings. The van der Waals surface area contributed by atoms with E-state index in [0.717, 1.165) is 15.9 Å². The van der Waals surface area contributed by atoms with Gasteiger partial charge in [0, 0.05) is 17.1 Å². The maximum atomic E-state index is 12.6. The van der Waals surface area contributed by atoms with Crippen molar-refractivity contribution in [3.63, 3.8) is 0 Å². The lowest BCUT2D eigenvalue weighted by Gasteiger charge is -2.17. The summed E-state index contributed by atoms with van der Waals surface area (Å²) in [6, 6.07) is 12.8. The van der Waals surface area contributed by atoms with E-state index >= 15 is 0 Å². The number of nitrogens with zero attached hydrogens (tertiary/aromatic N) is 2. The van der Waals surface area contributed by atoms with Crippen LogP contribution in [-0.2, 0) is 22.7 Å². The summed E-state index contributed by atoms with van der Waals surface area (Å²) < 4.78 is 3.12. The van der Waals surface area contributed by atoms with Gasteiger partial charge in [0.25, 0.3) is 0 Å². The molecule has 0 atom stereocenters.